The lowest BCUT2D eigenvalue weighted by Crippen LogP contribution is -2.10. The molecule has 0 fully saturated rings. The van der Waals surface area contributed by atoms with Crippen molar-refractivity contribution in [3.8, 4) is 0 Å². The number of aryl methyl sites for hydroxylation is 2. The van der Waals surface area contributed by atoms with Gasteiger partial charge >= 0.3 is 5.97 Å². The Morgan fingerprint density at radius 3 is 2.62 bits per heavy atom. The first kappa shape index (κ1) is 15.9. The van der Waals surface area contributed by atoms with Crippen molar-refractivity contribution in [3.05, 3.63) is 52.6 Å². The van der Waals surface area contributed by atoms with Gasteiger partial charge in [-0.05, 0) is 31.5 Å². The first-order valence-electron chi connectivity index (χ1n) is 7.37. The Bertz CT molecular complexity index is 905. The van der Waals surface area contributed by atoms with Crippen molar-refractivity contribution >= 4 is 17.7 Å². The molecule has 3 rings (SSSR count). The molecule has 0 aliphatic rings. The lowest BCUT2D eigenvalue weighted by Gasteiger charge is -2.07. The number of aliphatic carboxylic acids is 1. The topological polar surface area (TPSA) is 92.4 Å². The normalized spacial score (nSPS) is 11.0. The van der Waals surface area contributed by atoms with E-state index in [9.17, 15) is 9.18 Å². The number of carbonyl (C=O) groups is 1. The summed E-state index contributed by atoms with van der Waals surface area (Å²) in [6.45, 7) is 3.99. The highest BCUT2D eigenvalue weighted by molar-refractivity contribution is 5.71. The second-order valence-electron chi connectivity index (χ2n) is 5.46. The fourth-order valence-corrected chi connectivity index (χ4v) is 2.47. The largest absolute Gasteiger partial charge is 0.481 e. The molecular formula is C16H16FN5O2. The van der Waals surface area contributed by atoms with E-state index in [4.69, 9.17) is 5.11 Å². The van der Waals surface area contributed by atoms with E-state index in [1.807, 2.05) is 0 Å². The van der Waals surface area contributed by atoms with Gasteiger partial charge in [0, 0.05) is 23.5 Å². The first-order valence-corrected chi connectivity index (χ1v) is 7.37. The number of halogens is 1. The van der Waals surface area contributed by atoms with Crippen LogP contribution in [0.1, 0.15) is 22.5 Å². The minimum Gasteiger partial charge on any atom is -0.481 e. The van der Waals surface area contributed by atoms with E-state index in [0.717, 1.165) is 5.56 Å². The Balaban J connectivity index is 1.86. The van der Waals surface area contributed by atoms with Crippen molar-refractivity contribution in [1.82, 2.24) is 19.6 Å². The highest BCUT2D eigenvalue weighted by atomic mass is 19.1. The van der Waals surface area contributed by atoms with Crippen molar-refractivity contribution in [3.63, 3.8) is 0 Å². The molecule has 2 heterocycles. The number of aromatic nitrogens is 4. The molecule has 0 aliphatic heterocycles. The molecule has 0 atom stereocenters. The van der Waals surface area contributed by atoms with E-state index in [2.05, 4.69) is 20.4 Å². The van der Waals surface area contributed by atoms with Crippen LogP contribution in [0.2, 0.25) is 0 Å². The van der Waals surface area contributed by atoms with Crippen molar-refractivity contribution in [2.45, 2.75) is 26.8 Å². The summed E-state index contributed by atoms with van der Waals surface area (Å²) in [6, 6.07) is 6.14. The van der Waals surface area contributed by atoms with Crippen molar-refractivity contribution in [2.75, 3.05) is 5.32 Å². The van der Waals surface area contributed by atoms with E-state index >= 15 is 0 Å². The summed E-state index contributed by atoms with van der Waals surface area (Å²) in [7, 11) is 0. The third-order valence-corrected chi connectivity index (χ3v) is 3.74. The van der Waals surface area contributed by atoms with Gasteiger partial charge in [0.05, 0.1) is 6.42 Å². The van der Waals surface area contributed by atoms with Gasteiger partial charge in [-0.3, -0.25) is 4.79 Å². The average Bonchev–Trinajstić information content (AvgIpc) is 2.94. The van der Waals surface area contributed by atoms with Crippen LogP contribution in [0.5, 0.6) is 0 Å². The smallest absolute Gasteiger partial charge is 0.307 e. The zero-order valence-corrected chi connectivity index (χ0v) is 13.2. The van der Waals surface area contributed by atoms with Gasteiger partial charge in [0.25, 0.3) is 5.78 Å². The molecule has 7 nitrogen and oxygen atoms in total. The summed E-state index contributed by atoms with van der Waals surface area (Å²) in [4.78, 5) is 19.6. The van der Waals surface area contributed by atoms with E-state index in [-0.39, 0.29) is 12.2 Å². The lowest BCUT2D eigenvalue weighted by molar-refractivity contribution is -0.136. The van der Waals surface area contributed by atoms with Gasteiger partial charge in [0.2, 0.25) is 5.95 Å². The second kappa shape index (κ2) is 6.23. The lowest BCUT2D eigenvalue weighted by atomic mass is 10.1. The molecule has 24 heavy (non-hydrogen) atoms. The van der Waals surface area contributed by atoms with Crippen LogP contribution in [0.3, 0.4) is 0 Å². The number of nitrogens with zero attached hydrogens (tertiary/aromatic N) is 4. The standard InChI is InChI=1S/C16H16FN5O2/c1-9-13(7-14(23)24)10(2)22-16(19-9)20-15(21-22)18-8-11-3-5-12(17)6-4-11/h3-6H,7-8H2,1-2H3,(H,18,21)(H,23,24). The zero-order chi connectivity index (χ0) is 17.3. The third-order valence-electron chi connectivity index (χ3n) is 3.74. The van der Waals surface area contributed by atoms with Gasteiger partial charge in [0.15, 0.2) is 0 Å². The minimum absolute atomic E-state index is 0.112. The van der Waals surface area contributed by atoms with Crippen molar-refractivity contribution in [1.29, 1.82) is 0 Å². The number of carboxylic acids is 1. The van der Waals surface area contributed by atoms with Crippen LogP contribution in [0.4, 0.5) is 10.3 Å². The summed E-state index contributed by atoms with van der Waals surface area (Å²) < 4.78 is 14.4. The Hall–Kier alpha value is -3.03. The summed E-state index contributed by atoms with van der Waals surface area (Å²) in [5, 5.41) is 16.4. The average molecular weight is 329 g/mol. The van der Waals surface area contributed by atoms with Crippen LogP contribution in [0, 0.1) is 19.7 Å². The summed E-state index contributed by atoms with van der Waals surface area (Å²) in [5.74, 6) is -0.425. The second-order valence-corrected chi connectivity index (χ2v) is 5.46. The third kappa shape index (κ3) is 3.17. The molecule has 0 unspecified atom stereocenters. The molecule has 0 bridgehead atoms. The molecule has 0 spiro atoms. The number of rotatable bonds is 5. The molecular weight excluding hydrogens is 313 g/mol. The molecule has 2 N–H and O–H groups in total. The molecule has 1 aromatic carbocycles. The number of hydrogen-bond donors (Lipinski definition) is 2. The van der Waals surface area contributed by atoms with Crippen molar-refractivity contribution in [2.24, 2.45) is 0 Å². The van der Waals surface area contributed by atoms with Crippen LogP contribution in [0.25, 0.3) is 5.78 Å². The molecule has 0 radical (unpaired) electrons. The number of anilines is 1. The number of carboxylic acid groups (broad SMARTS) is 1. The van der Waals surface area contributed by atoms with E-state index in [0.29, 0.717) is 35.2 Å². The van der Waals surface area contributed by atoms with E-state index in [1.54, 1.807) is 26.0 Å². The fourth-order valence-electron chi connectivity index (χ4n) is 2.47. The van der Waals surface area contributed by atoms with Crippen LogP contribution in [-0.2, 0) is 17.8 Å². The molecule has 0 amide bonds. The van der Waals surface area contributed by atoms with Crippen LogP contribution >= 0.6 is 0 Å². The first-order chi connectivity index (χ1) is 11.4. The maximum absolute atomic E-state index is 12.9. The van der Waals surface area contributed by atoms with Gasteiger partial charge in [-0.15, -0.1) is 5.10 Å². The Morgan fingerprint density at radius 1 is 1.25 bits per heavy atom. The molecule has 3 aromatic rings. The molecule has 0 saturated carbocycles. The fraction of sp³-hybridized carbons (Fsp3) is 0.250. The van der Waals surface area contributed by atoms with Gasteiger partial charge < -0.3 is 10.4 Å². The number of nitrogens with one attached hydrogen (secondary N) is 1. The summed E-state index contributed by atoms with van der Waals surface area (Å²) in [6.07, 6.45) is -0.112. The SMILES string of the molecule is Cc1nc2nc(NCc3ccc(F)cc3)nn2c(C)c1CC(=O)O. The van der Waals surface area contributed by atoms with E-state index in [1.165, 1.54) is 16.6 Å². The van der Waals surface area contributed by atoms with Gasteiger partial charge in [-0.25, -0.2) is 9.37 Å². The molecule has 8 heteroatoms. The minimum atomic E-state index is -0.919. The zero-order valence-electron chi connectivity index (χ0n) is 13.2. The quantitative estimate of drug-likeness (QED) is 0.745. The molecule has 2 aromatic heterocycles. The monoisotopic (exact) mass is 329 g/mol. The summed E-state index contributed by atoms with van der Waals surface area (Å²) >= 11 is 0. The van der Waals surface area contributed by atoms with Gasteiger partial charge in [-0.2, -0.15) is 9.50 Å². The summed E-state index contributed by atoms with van der Waals surface area (Å²) in [5.41, 5.74) is 2.84. The predicted octanol–water partition coefficient (Wildman–Crippen LogP) is 2.12. The number of fused-ring (bicyclic) bond motifs is 1. The van der Waals surface area contributed by atoms with Crippen LogP contribution in [0.15, 0.2) is 24.3 Å². The molecule has 124 valence electrons. The van der Waals surface area contributed by atoms with Crippen LogP contribution in [-0.4, -0.2) is 30.7 Å². The van der Waals surface area contributed by atoms with Crippen LogP contribution < -0.4 is 5.32 Å². The Labute approximate surface area is 137 Å². The van der Waals surface area contributed by atoms with E-state index < -0.39 is 5.97 Å². The predicted molar refractivity (Wildman–Crippen MR) is 85.3 cm³/mol. The Morgan fingerprint density at radius 2 is 1.96 bits per heavy atom. The van der Waals surface area contributed by atoms with Gasteiger partial charge in [0.1, 0.15) is 5.82 Å². The maximum Gasteiger partial charge on any atom is 0.307 e. The van der Waals surface area contributed by atoms with Gasteiger partial charge in [-0.1, -0.05) is 12.1 Å². The highest BCUT2D eigenvalue weighted by Crippen LogP contribution is 2.16. The van der Waals surface area contributed by atoms with Crippen molar-refractivity contribution < 1.29 is 14.3 Å². The Kier molecular flexibility index (Phi) is 4.11. The number of benzene rings is 1. The maximum atomic E-state index is 12.9. The molecule has 0 saturated heterocycles. The highest BCUT2D eigenvalue weighted by Gasteiger charge is 2.15. The molecule has 0 aliphatic carbocycles. The number of hydrogen-bond acceptors (Lipinski definition) is 5.